The summed E-state index contributed by atoms with van der Waals surface area (Å²) in [5, 5.41) is 5.46. The summed E-state index contributed by atoms with van der Waals surface area (Å²) in [6.07, 6.45) is 6.59. The van der Waals surface area contributed by atoms with E-state index in [0.29, 0.717) is 30.3 Å². The summed E-state index contributed by atoms with van der Waals surface area (Å²) in [7, 11) is -3.22. The summed E-state index contributed by atoms with van der Waals surface area (Å²) in [6, 6.07) is 16.2. The average Bonchev–Trinajstić information content (AvgIpc) is 3.68. The van der Waals surface area contributed by atoms with Crippen molar-refractivity contribution in [1.29, 1.82) is 0 Å². The number of benzene rings is 3. The lowest BCUT2D eigenvalue weighted by atomic mass is 10.2. The van der Waals surface area contributed by atoms with Gasteiger partial charge in [-0.25, -0.2) is 13.4 Å². The number of carbonyl (C=O) groups is 2. The molecule has 0 aliphatic carbocycles. The van der Waals surface area contributed by atoms with Gasteiger partial charge in [-0.1, -0.05) is 34.8 Å². The second-order valence-electron chi connectivity index (χ2n) is 10.9. The van der Waals surface area contributed by atoms with Crippen molar-refractivity contribution in [3.05, 3.63) is 131 Å². The van der Waals surface area contributed by atoms with E-state index >= 15 is 0 Å². The molecule has 7 rings (SSSR count). The standard InChI is InChI=1S/C13H15N3O3S.C9H9NO2S.C9H4.C8H6BrNO2.CH4/c1-20(17,18)11-2-3-13-12(6-11)16(4-5-19-13)8-10-7-14-9-15-10;1-13-6-2-3-8-7(4-6)10-9(11)5-12-8;1-3-5-7-9-8-6-4-2;9-5-1-2-7-6(3-5)10-8(11)4-12-7;/h2-3,6-7,9H,4-5,8H2,1H3,(H,14,15);2-4H,5H2,1H3,(H,10,11);1-2H2;1-3H,4H2,(H,10,11);1H4. The molecule has 4 aromatic rings. The topological polar surface area (TPSA) is 152 Å². The largest absolute Gasteiger partial charge is 0.490 e. The van der Waals surface area contributed by atoms with Crippen LogP contribution in [0.5, 0.6) is 17.2 Å². The first kappa shape index (κ1) is 43.4. The highest BCUT2D eigenvalue weighted by Gasteiger charge is 2.21. The van der Waals surface area contributed by atoms with Crippen molar-refractivity contribution in [2.45, 2.75) is 23.8 Å². The molecule has 0 saturated carbocycles. The number of anilines is 3. The molecule has 4 heterocycles. The first-order chi connectivity index (χ1) is 26.0. The number of hydrogen-bond donors (Lipinski definition) is 3. The van der Waals surface area contributed by atoms with E-state index in [0.717, 1.165) is 43.6 Å². The fourth-order valence-corrected chi connectivity index (χ4v) is 6.09. The Labute approximate surface area is 333 Å². The number of amides is 2. The second kappa shape index (κ2) is 21.6. The number of imidazole rings is 1. The van der Waals surface area contributed by atoms with Crippen LogP contribution in [0.15, 0.2) is 135 Å². The number of fused-ring (bicyclic) bond motifs is 3. The molecule has 3 aromatic carbocycles. The Kier molecular flexibility index (Phi) is 17.1. The SMILES string of the molecule is C.C=C=C=C=C=C=C=C=C.CS(=O)(=O)c1ccc2c(c1)N(Cc1cnc[nH]1)CCO2.CSc1ccc2c(c1)NC(=O)CO2.O=C1COc2ccc(Br)cc2N1. The lowest BCUT2D eigenvalue weighted by molar-refractivity contribution is -0.119. The van der Waals surface area contributed by atoms with Gasteiger partial charge in [0.2, 0.25) is 0 Å². The van der Waals surface area contributed by atoms with E-state index in [1.807, 2.05) is 42.7 Å². The van der Waals surface area contributed by atoms with Crippen LogP contribution < -0.4 is 29.7 Å². The van der Waals surface area contributed by atoms with Gasteiger partial charge in [0, 0.05) is 21.8 Å². The Balaban J connectivity index is 0.000000205. The van der Waals surface area contributed by atoms with Gasteiger partial charge in [0.25, 0.3) is 11.8 Å². The van der Waals surface area contributed by atoms with Gasteiger partial charge >= 0.3 is 0 Å². The predicted octanol–water partition coefficient (Wildman–Crippen LogP) is 7.26. The first-order valence-corrected chi connectivity index (χ1v) is 19.7. The second-order valence-corrected chi connectivity index (χ2v) is 14.7. The van der Waals surface area contributed by atoms with Crippen LogP contribution in [0.3, 0.4) is 0 Å². The van der Waals surface area contributed by atoms with Crippen LogP contribution in [0.25, 0.3) is 0 Å². The van der Waals surface area contributed by atoms with Gasteiger partial charge in [-0.3, -0.25) is 9.59 Å². The molecule has 0 radical (unpaired) electrons. The number of nitrogens with zero attached hydrogens (tertiary/aromatic N) is 2. The first-order valence-electron chi connectivity index (χ1n) is 15.8. The van der Waals surface area contributed by atoms with Gasteiger partial charge in [-0.05, 0) is 103 Å². The summed E-state index contributed by atoms with van der Waals surface area (Å²) < 4.78 is 40.2. The third-order valence-corrected chi connectivity index (χ3v) is 9.38. The number of halogens is 1. The van der Waals surface area contributed by atoms with Crippen LogP contribution in [-0.4, -0.2) is 69.1 Å². The number of thioether (sulfide) groups is 1. The van der Waals surface area contributed by atoms with Crippen molar-refractivity contribution < 1.29 is 32.2 Å². The van der Waals surface area contributed by atoms with Crippen molar-refractivity contribution in [1.82, 2.24) is 9.97 Å². The van der Waals surface area contributed by atoms with Crippen molar-refractivity contribution in [2.75, 3.05) is 54.4 Å². The summed E-state index contributed by atoms with van der Waals surface area (Å²) in [6.45, 7) is 8.68. The van der Waals surface area contributed by atoms with Gasteiger partial charge in [-0.15, -0.1) is 11.8 Å². The highest BCUT2D eigenvalue weighted by molar-refractivity contribution is 9.10. The molecular formula is C40H38BrN5O7S2. The third kappa shape index (κ3) is 13.7. The molecule has 12 nitrogen and oxygen atoms in total. The van der Waals surface area contributed by atoms with E-state index in [9.17, 15) is 18.0 Å². The zero-order valence-corrected chi connectivity index (χ0v) is 32.5. The van der Waals surface area contributed by atoms with Crippen LogP contribution in [-0.2, 0) is 26.0 Å². The van der Waals surface area contributed by atoms with Crippen molar-refractivity contribution in [3.8, 4) is 17.2 Å². The maximum atomic E-state index is 11.7. The minimum atomic E-state index is -3.22. The zero-order valence-electron chi connectivity index (χ0n) is 29.2. The molecule has 0 saturated heterocycles. The number of aromatic nitrogens is 2. The smallest absolute Gasteiger partial charge is 0.262 e. The fourth-order valence-electron chi connectivity index (χ4n) is 4.65. The van der Waals surface area contributed by atoms with Crippen LogP contribution in [0, 0.1) is 0 Å². The van der Waals surface area contributed by atoms with E-state index in [1.165, 1.54) is 6.26 Å². The number of H-pyrrole nitrogens is 1. The highest BCUT2D eigenvalue weighted by atomic mass is 79.9. The van der Waals surface area contributed by atoms with E-state index in [2.05, 4.69) is 94.7 Å². The molecule has 0 spiro atoms. The molecule has 3 aliphatic heterocycles. The van der Waals surface area contributed by atoms with Crippen molar-refractivity contribution in [2.24, 2.45) is 0 Å². The van der Waals surface area contributed by atoms with Gasteiger partial charge in [0.1, 0.15) is 23.9 Å². The van der Waals surface area contributed by atoms with E-state index < -0.39 is 9.84 Å². The molecule has 3 N–H and O–H groups in total. The van der Waals surface area contributed by atoms with Gasteiger partial charge in [0.15, 0.2) is 23.1 Å². The molecule has 55 heavy (non-hydrogen) atoms. The maximum Gasteiger partial charge on any atom is 0.262 e. The Bertz CT molecular complexity index is 2340. The monoisotopic (exact) mass is 843 g/mol. The molecular weight excluding hydrogens is 807 g/mol. The average molecular weight is 845 g/mol. The zero-order chi connectivity index (χ0) is 38.9. The number of sulfone groups is 1. The fraction of sp³-hybridized carbons (Fsp3) is 0.200. The normalized spacial score (nSPS) is 12.5. The van der Waals surface area contributed by atoms with Crippen LogP contribution in [0.2, 0.25) is 0 Å². The number of ether oxygens (including phenoxy) is 3. The number of carbonyl (C=O) groups excluding carboxylic acids is 2. The van der Waals surface area contributed by atoms with Crippen LogP contribution >= 0.6 is 27.7 Å². The van der Waals surface area contributed by atoms with E-state index in [1.54, 1.807) is 42.5 Å². The summed E-state index contributed by atoms with van der Waals surface area (Å²) in [5.41, 5.74) is 20.2. The third-order valence-electron chi connectivity index (χ3n) is 7.05. The van der Waals surface area contributed by atoms with Crippen molar-refractivity contribution in [3.63, 3.8) is 0 Å². The molecule has 0 fully saturated rings. The summed E-state index contributed by atoms with van der Waals surface area (Å²) in [4.78, 5) is 32.4. The maximum absolute atomic E-state index is 11.7. The molecule has 3 aliphatic rings. The minimum absolute atomic E-state index is 0. The Morgan fingerprint density at radius 1 is 0.855 bits per heavy atom. The summed E-state index contributed by atoms with van der Waals surface area (Å²) >= 11 is 4.94. The van der Waals surface area contributed by atoms with E-state index in [-0.39, 0.29) is 32.5 Å². The van der Waals surface area contributed by atoms with Gasteiger partial charge in [0.05, 0.1) is 47.1 Å². The number of rotatable bonds is 4. The molecule has 0 atom stereocenters. The lowest BCUT2D eigenvalue weighted by Crippen LogP contribution is -2.32. The Morgan fingerprint density at radius 3 is 2.04 bits per heavy atom. The van der Waals surface area contributed by atoms with Crippen LogP contribution in [0.4, 0.5) is 17.1 Å². The molecule has 0 bridgehead atoms. The lowest BCUT2D eigenvalue weighted by Gasteiger charge is -2.31. The Hall–Kier alpha value is -6.01. The highest BCUT2D eigenvalue weighted by Crippen LogP contribution is 2.35. The van der Waals surface area contributed by atoms with Crippen LogP contribution in [0.1, 0.15) is 13.1 Å². The van der Waals surface area contributed by atoms with Gasteiger partial charge in [-0.2, -0.15) is 0 Å². The minimum Gasteiger partial charge on any atom is -0.490 e. The number of aromatic amines is 1. The predicted molar refractivity (Wildman–Crippen MR) is 218 cm³/mol. The van der Waals surface area contributed by atoms with E-state index in [4.69, 9.17) is 14.2 Å². The molecule has 15 heteroatoms. The molecule has 1 aromatic heterocycles. The molecule has 0 unspecified atom stereocenters. The van der Waals surface area contributed by atoms with Gasteiger partial charge < -0.3 is 34.7 Å². The molecule has 284 valence electrons. The van der Waals surface area contributed by atoms with Crippen molar-refractivity contribution >= 4 is 66.4 Å². The molecule has 2 amide bonds. The summed E-state index contributed by atoms with van der Waals surface area (Å²) in [5.74, 6) is 1.98. The Morgan fingerprint density at radius 2 is 1.45 bits per heavy atom. The number of hydrogen-bond acceptors (Lipinski definition) is 10. The number of nitrogens with one attached hydrogen (secondary N) is 3. The quantitative estimate of drug-likeness (QED) is 0.142.